The molecule has 3 aromatic carbocycles. The summed E-state index contributed by atoms with van der Waals surface area (Å²) in [5, 5.41) is 17.4. The molecular weight excluding hydrogens is 624 g/mol. The average molecular weight is 641 g/mol. The van der Waals surface area contributed by atoms with Crippen LogP contribution in [0.1, 0.15) is 16.7 Å². The summed E-state index contributed by atoms with van der Waals surface area (Å²) in [5.74, 6) is 0.571. The van der Waals surface area contributed by atoms with E-state index in [-0.39, 0.29) is 12.3 Å². The number of nitrogens with one attached hydrogen (secondary N) is 2. The van der Waals surface area contributed by atoms with Gasteiger partial charge in [-0.1, -0.05) is 15.9 Å². The number of halogens is 3. The van der Waals surface area contributed by atoms with Crippen LogP contribution in [-0.4, -0.2) is 17.2 Å². The molecule has 3 rings (SSSR count). The van der Waals surface area contributed by atoms with E-state index in [1.54, 1.807) is 30.3 Å². The number of nitro groups is 1. The van der Waals surface area contributed by atoms with Gasteiger partial charge in [0.25, 0.3) is 5.69 Å². The number of ether oxygens (including phenoxy) is 1. The van der Waals surface area contributed by atoms with Gasteiger partial charge in [0.2, 0.25) is 0 Å². The molecular formula is C22H17Br3N4O4. The fraction of sp³-hybridized carbons (Fsp3) is 0.0909. The van der Waals surface area contributed by atoms with Crippen molar-refractivity contribution in [2.75, 3.05) is 5.32 Å². The number of anilines is 1. The molecule has 3 aromatic rings. The first-order valence-electron chi connectivity index (χ1n) is 9.44. The van der Waals surface area contributed by atoms with Crippen LogP contribution in [0.15, 0.2) is 73.1 Å². The zero-order valence-corrected chi connectivity index (χ0v) is 21.9. The Bertz CT molecular complexity index is 1190. The Balaban J connectivity index is 1.58. The van der Waals surface area contributed by atoms with Crippen molar-refractivity contribution in [3.05, 3.63) is 94.8 Å². The molecule has 0 aliphatic heterocycles. The summed E-state index contributed by atoms with van der Waals surface area (Å²) in [5.41, 5.74) is 5.62. The number of hydrazone groups is 1. The molecule has 0 bridgehead atoms. The summed E-state index contributed by atoms with van der Waals surface area (Å²) in [6.45, 7) is 2.17. The number of hydrogen-bond acceptors (Lipinski definition) is 5. The van der Waals surface area contributed by atoms with Gasteiger partial charge < -0.3 is 10.1 Å². The third-order valence-electron chi connectivity index (χ3n) is 4.35. The third-order valence-corrected chi connectivity index (χ3v) is 6.41. The lowest BCUT2D eigenvalue weighted by atomic mass is 10.2. The maximum Gasteiger partial charge on any atom is 0.339 e. The lowest BCUT2D eigenvalue weighted by molar-refractivity contribution is -0.384. The predicted octanol–water partition coefficient (Wildman–Crippen LogP) is 6.93. The third kappa shape index (κ3) is 7.11. The summed E-state index contributed by atoms with van der Waals surface area (Å²) in [6.07, 6.45) is 1.50. The van der Waals surface area contributed by atoms with E-state index in [9.17, 15) is 14.9 Å². The normalized spacial score (nSPS) is 10.8. The summed E-state index contributed by atoms with van der Waals surface area (Å²) in [7, 11) is 0. The van der Waals surface area contributed by atoms with Crippen LogP contribution in [0.5, 0.6) is 5.75 Å². The van der Waals surface area contributed by atoms with E-state index >= 15 is 0 Å². The molecule has 0 saturated heterocycles. The van der Waals surface area contributed by atoms with Crippen molar-refractivity contribution in [1.29, 1.82) is 0 Å². The van der Waals surface area contributed by atoms with Gasteiger partial charge in [-0.3, -0.25) is 10.1 Å². The van der Waals surface area contributed by atoms with Crippen molar-refractivity contribution >= 4 is 71.4 Å². The highest BCUT2D eigenvalue weighted by Crippen LogP contribution is 2.35. The number of nitrogens with zero attached hydrogens (tertiary/aromatic N) is 2. The number of non-ortho nitro benzene ring substituents is 1. The minimum atomic E-state index is -0.464. The molecule has 0 saturated carbocycles. The molecule has 33 heavy (non-hydrogen) atoms. The molecule has 0 fully saturated rings. The molecule has 0 atom stereocenters. The summed E-state index contributed by atoms with van der Waals surface area (Å²) in [6, 6.07) is 14.8. The molecule has 0 aliphatic carbocycles. The smallest absolute Gasteiger partial charge is 0.339 e. The number of amides is 2. The van der Waals surface area contributed by atoms with Crippen molar-refractivity contribution in [1.82, 2.24) is 5.43 Å². The Morgan fingerprint density at radius 1 is 1.06 bits per heavy atom. The quantitative estimate of drug-likeness (QED) is 0.166. The standard InChI is InChI=1S/C22H17Br3N4O4/c1-13-8-16(4-7-18(13)23)27-22(30)28-26-11-15-9-19(24)21(20(25)10-15)33-12-14-2-5-17(6-3-14)29(31)32/h2-11H,12H2,1H3,(H2,27,28,30)/b26-11+. The number of aryl methyl sites for hydroxylation is 1. The van der Waals surface area contributed by atoms with Crippen LogP contribution in [-0.2, 0) is 6.61 Å². The molecule has 2 amide bonds. The Morgan fingerprint density at radius 3 is 2.33 bits per heavy atom. The zero-order valence-electron chi connectivity index (χ0n) is 17.1. The highest BCUT2D eigenvalue weighted by molar-refractivity contribution is 9.11. The van der Waals surface area contributed by atoms with Gasteiger partial charge in [-0.25, -0.2) is 10.2 Å². The van der Waals surface area contributed by atoms with E-state index in [1.165, 1.54) is 18.3 Å². The molecule has 170 valence electrons. The lowest BCUT2D eigenvalue weighted by Gasteiger charge is -2.11. The van der Waals surface area contributed by atoms with Crippen LogP contribution in [0.25, 0.3) is 0 Å². The predicted molar refractivity (Wildman–Crippen MR) is 138 cm³/mol. The number of rotatable bonds is 7. The highest BCUT2D eigenvalue weighted by atomic mass is 79.9. The number of hydrogen-bond donors (Lipinski definition) is 2. The van der Waals surface area contributed by atoms with Crippen molar-refractivity contribution in [3.63, 3.8) is 0 Å². The largest absolute Gasteiger partial charge is 0.487 e. The van der Waals surface area contributed by atoms with Crippen LogP contribution in [0, 0.1) is 17.0 Å². The van der Waals surface area contributed by atoms with E-state index in [4.69, 9.17) is 4.74 Å². The van der Waals surface area contributed by atoms with Crippen molar-refractivity contribution in [2.45, 2.75) is 13.5 Å². The molecule has 0 spiro atoms. The Labute approximate surface area is 215 Å². The van der Waals surface area contributed by atoms with Crippen LogP contribution in [0.4, 0.5) is 16.2 Å². The summed E-state index contributed by atoms with van der Waals surface area (Å²) in [4.78, 5) is 22.3. The van der Waals surface area contributed by atoms with Crippen LogP contribution < -0.4 is 15.5 Å². The number of carbonyl (C=O) groups excluding carboxylic acids is 1. The van der Waals surface area contributed by atoms with Crippen molar-refractivity contribution in [3.8, 4) is 5.75 Å². The van der Waals surface area contributed by atoms with Crippen LogP contribution >= 0.6 is 47.8 Å². The van der Waals surface area contributed by atoms with Gasteiger partial charge in [-0.2, -0.15) is 5.10 Å². The maximum atomic E-state index is 12.0. The zero-order chi connectivity index (χ0) is 24.0. The van der Waals surface area contributed by atoms with Crippen LogP contribution in [0.2, 0.25) is 0 Å². The Kier molecular flexibility index (Phi) is 8.59. The molecule has 2 N–H and O–H groups in total. The van der Waals surface area contributed by atoms with E-state index in [2.05, 4.69) is 63.6 Å². The average Bonchev–Trinajstić information content (AvgIpc) is 2.76. The Morgan fingerprint density at radius 2 is 1.73 bits per heavy atom. The van der Waals surface area contributed by atoms with Gasteiger partial charge in [0, 0.05) is 22.3 Å². The number of nitro benzene ring substituents is 1. The lowest BCUT2D eigenvalue weighted by Crippen LogP contribution is -2.24. The number of benzene rings is 3. The molecule has 0 aliphatic rings. The van der Waals surface area contributed by atoms with E-state index in [1.807, 2.05) is 19.1 Å². The first-order valence-corrected chi connectivity index (χ1v) is 11.8. The van der Waals surface area contributed by atoms with Crippen molar-refractivity contribution < 1.29 is 14.5 Å². The second-order valence-electron chi connectivity index (χ2n) is 6.81. The number of carbonyl (C=O) groups is 1. The molecule has 11 heteroatoms. The molecule has 0 radical (unpaired) electrons. The first-order chi connectivity index (χ1) is 15.7. The maximum absolute atomic E-state index is 12.0. The molecule has 0 heterocycles. The molecule has 8 nitrogen and oxygen atoms in total. The van der Waals surface area contributed by atoms with Crippen molar-refractivity contribution in [2.24, 2.45) is 5.10 Å². The second kappa shape index (κ2) is 11.4. The SMILES string of the molecule is Cc1cc(NC(=O)N/N=C/c2cc(Br)c(OCc3ccc([N+](=O)[O-])cc3)c(Br)c2)ccc1Br. The van der Waals surface area contributed by atoms with Gasteiger partial charge in [-0.15, -0.1) is 0 Å². The summed E-state index contributed by atoms with van der Waals surface area (Å²) < 4.78 is 8.16. The topological polar surface area (TPSA) is 106 Å². The molecule has 0 unspecified atom stereocenters. The van der Waals surface area contributed by atoms with E-state index in [0.717, 1.165) is 21.2 Å². The van der Waals surface area contributed by atoms with Crippen LogP contribution in [0.3, 0.4) is 0 Å². The Hall–Kier alpha value is -2.76. The van der Waals surface area contributed by atoms with Gasteiger partial charge in [0.05, 0.1) is 20.1 Å². The van der Waals surface area contributed by atoms with Gasteiger partial charge in [0.15, 0.2) is 0 Å². The monoisotopic (exact) mass is 638 g/mol. The van der Waals surface area contributed by atoms with Gasteiger partial charge >= 0.3 is 6.03 Å². The van der Waals surface area contributed by atoms with E-state index < -0.39 is 11.0 Å². The van der Waals surface area contributed by atoms with E-state index in [0.29, 0.717) is 20.4 Å². The number of urea groups is 1. The van der Waals surface area contributed by atoms with Gasteiger partial charge in [0.1, 0.15) is 12.4 Å². The highest BCUT2D eigenvalue weighted by Gasteiger charge is 2.10. The second-order valence-corrected chi connectivity index (χ2v) is 9.38. The summed E-state index contributed by atoms with van der Waals surface area (Å²) >= 11 is 10.4. The first kappa shape index (κ1) is 24.9. The molecule has 0 aromatic heterocycles. The fourth-order valence-corrected chi connectivity index (χ4v) is 4.41. The van der Waals surface area contributed by atoms with Gasteiger partial charge in [-0.05, 0) is 97.9 Å². The fourth-order valence-electron chi connectivity index (χ4n) is 2.71. The minimum absolute atomic E-state index is 0.0268. The minimum Gasteiger partial charge on any atom is -0.487 e.